The van der Waals surface area contributed by atoms with Gasteiger partial charge >= 0.3 is 12.1 Å². The van der Waals surface area contributed by atoms with E-state index in [0.717, 1.165) is 32.5 Å². The fourth-order valence-corrected chi connectivity index (χ4v) is 5.09. The van der Waals surface area contributed by atoms with Gasteiger partial charge in [0.05, 0.1) is 18.5 Å². The Kier molecular flexibility index (Phi) is 5.14. The van der Waals surface area contributed by atoms with Crippen molar-refractivity contribution in [3.63, 3.8) is 0 Å². The van der Waals surface area contributed by atoms with Crippen LogP contribution in [0.3, 0.4) is 0 Å². The van der Waals surface area contributed by atoms with Crippen molar-refractivity contribution in [2.45, 2.75) is 39.0 Å². The minimum atomic E-state index is -4.55. The maximum absolute atomic E-state index is 13.2. The molecular weight excluding hydrogens is 447 g/mol. The number of rotatable bonds is 4. The van der Waals surface area contributed by atoms with Gasteiger partial charge in [-0.15, -0.1) is 21.5 Å². The highest BCUT2D eigenvalue weighted by molar-refractivity contribution is 7.18. The third-order valence-electron chi connectivity index (χ3n) is 5.44. The number of thiophene rings is 1. The minimum absolute atomic E-state index is 0.0570. The predicted molar refractivity (Wildman–Crippen MR) is 111 cm³/mol. The van der Waals surface area contributed by atoms with Gasteiger partial charge < -0.3 is 19.1 Å². The molecule has 32 heavy (non-hydrogen) atoms. The van der Waals surface area contributed by atoms with Crippen LogP contribution >= 0.6 is 11.3 Å². The van der Waals surface area contributed by atoms with Crippen LogP contribution < -0.4 is 9.80 Å². The van der Waals surface area contributed by atoms with E-state index in [2.05, 4.69) is 22.1 Å². The average molecular weight is 467 g/mol. The number of anilines is 2. The number of cyclic esters (lactones) is 1. The third kappa shape index (κ3) is 3.74. The summed E-state index contributed by atoms with van der Waals surface area (Å²) in [6.07, 6.45) is -2.67. The van der Waals surface area contributed by atoms with Gasteiger partial charge in [0, 0.05) is 18.0 Å². The molecule has 1 saturated heterocycles. The molecule has 3 aromatic rings. The van der Waals surface area contributed by atoms with Gasteiger partial charge in [0.15, 0.2) is 5.82 Å². The summed E-state index contributed by atoms with van der Waals surface area (Å²) < 4.78 is 45.7. The van der Waals surface area contributed by atoms with E-state index in [1.54, 1.807) is 16.2 Å². The lowest BCUT2D eigenvalue weighted by molar-refractivity contribution is -0.147. The van der Waals surface area contributed by atoms with Crippen LogP contribution in [0.25, 0.3) is 10.2 Å². The first-order valence-electron chi connectivity index (χ1n) is 10.3. The Labute approximate surface area is 184 Å². The van der Waals surface area contributed by atoms with E-state index >= 15 is 0 Å². The normalized spacial score (nSPS) is 17.1. The number of carbonyl (C=O) groups is 1. The molecule has 13 heteroatoms. The number of ether oxygens (including phenoxy) is 1. The Morgan fingerprint density at radius 3 is 2.72 bits per heavy atom. The zero-order valence-corrected chi connectivity index (χ0v) is 18.0. The summed E-state index contributed by atoms with van der Waals surface area (Å²) in [5.74, 6) is -0.0387. The average Bonchev–Trinajstić information content (AvgIpc) is 3.36. The van der Waals surface area contributed by atoms with Crippen molar-refractivity contribution in [2.75, 3.05) is 36.0 Å². The summed E-state index contributed by atoms with van der Waals surface area (Å²) in [4.78, 5) is 26.8. The van der Waals surface area contributed by atoms with E-state index in [-0.39, 0.29) is 38.0 Å². The van der Waals surface area contributed by atoms with E-state index < -0.39 is 12.0 Å². The Morgan fingerprint density at radius 1 is 1.12 bits per heavy atom. The molecule has 0 radical (unpaired) electrons. The number of alkyl halides is 3. The topological polar surface area (TPSA) is 89.3 Å². The third-order valence-corrected chi connectivity index (χ3v) is 6.53. The number of morpholine rings is 1. The van der Waals surface area contributed by atoms with Gasteiger partial charge in [0.2, 0.25) is 11.8 Å². The summed E-state index contributed by atoms with van der Waals surface area (Å²) in [6, 6.07) is 2.05. The molecule has 0 aromatic carbocycles. The van der Waals surface area contributed by atoms with Crippen LogP contribution in [-0.2, 0) is 35.2 Å². The quantitative estimate of drug-likeness (QED) is 0.541. The fraction of sp³-hybridized carbons (Fsp3) is 0.526. The van der Waals surface area contributed by atoms with E-state index in [0.29, 0.717) is 24.9 Å². The van der Waals surface area contributed by atoms with E-state index in [1.165, 1.54) is 0 Å². The van der Waals surface area contributed by atoms with E-state index in [4.69, 9.17) is 9.72 Å². The number of hydrogen-bond donors (Lipinski definition) is 0. The molecule has 5 rings (SSSR count). The van der Waals surface area contributed by atoms with Crippen molar-refractivity contribution in [3.8, 4) is 0 Å². The molecule has 170 valence electrons. The van der Waals surface area contributed by atoms with Crippen molar-refractivity contribution >= 4 is 39.3 Å². The molecule has 2 aliphatic rings. The first kappa shape index (κ1) is 20.9. The number of halogens is 3. The molecule has 2 aliphatic heterocycles. The number of hydrogen-bond acceptors (Lipinski definition) is 9. The highest BCUT2D eigenvalue weighted by atomic mass is 32.1. The smallest absolute Gasteiger partial charge is 0.451 e. The van der Waals surface area contributed by atoms with Crippen LogP contribution in [0.5, 0.6) is 0 Å². The molecule has 0 spiro atoms. The van der Waals surface area contributed by atoms with Gasteiger partial charge in [-0.25, -0.2) is 4.98 Å². The zero-order valence-electron chi connectivity index (χ0n) is 17.2. The maximum atomic E-state index is 13.2. The van der Waals surface area contributed by atoms with Gasteiger partial charge in [-0.05, 0) is 12.5 Å². The van der Waals surface area contributed by atoms with E-state index in [1.807, 2.05) is 11.0 Å². The number of aryl methyl sites for hydroxylation is 1. The Balaban J connectivity index is 1.54. The molecule has 0 amide bonds. The molecule has 0 unspecified atom stereocenters. The second kappa shape index (κ2) is 7.87. The molecule has 1 fully saturated rings. The molecule has 0 atom stereocenters. The van der Waals surface area contributed by atoms with Gasteiger partial charge in [-0.3, -0.25) is 4.79 Å². The van der Waals surface area contributed by atoms with Gasteiger partial charge in [-0.1, -0.05) is 13.3 Å². The van der Waals surface area contributed by atoms with Crippen molar-refractivity contribution in [1.29, 1.82) is 0 Å². The SMILES string of the molecule is CCCc1cc2c(N3CCn4c(nnc4C(F)(F)F)C3)nc(N3CCOC(=O)C3)nc2s1. The van der Waals surface area contributed by atoms with Crippen molar-refractivity contribution in [3.05, 3.63) is 22.6 Å². The maximum Gasteiger partial charge on any atom is 0.451 e. The molecular formula is C19H20F3N7O2S. The Bertz CT molecular complexity index is 1180. The molecule has 0 aliphatic carbocycles. The van der Waals surface area contributed by atoms with Gasteiger partial charge in [-0.2, -0.15) is 18.2 Å². The highest BCUT2D eigenvalue weighted by Gasteiger charge is 2.40. The number of nitrogens with zero attached hydrogens (tertiary/aromatic N) is 7. The van der Waals surface area contributed by atoms with Crippen LogP contribution in [0.4, 0.5) is 24.9 Å². The summed E-state index contributed by atoms with van der Waals surface area (Å²) in [6.45, 7) is 3.45. The first-order valence-corrected chi connectivity index (χ1v) is 11.1. The second-order valence-corrected chi connectivity index (χ2v) is 8.80. The van der Waals surface area contributed by atoms with Crippen LogP contribution in [0, 0.1) is 0 Å². The van der Waals surface area contributed by atoms with Crippen LogP contribution in [0.2, 0.25) is 0 Å². The van der Waals surface area contributed by atoms with Crippen LogP contribution in [-0.4, -0.2) is 56.9 Å². The monoisotopic (exact) mass is 467 g/mol. The molecule has 0 saturated carbocycles. The molecule has 9 nitrogen and oxygen atoms in total. The summed E-state index contributed by atoms with van der Waals surface area (Å²) in [5.41, 5.74) is 0. The van der Waals surface area contributed by atoms with E-state index in [9.17, 15) is 18.0 Å². The standard InChI is InChI=1S/C19H20F3N7O2S/c1-2-3-11-8-12-15(23-18(24-16(12)32-11)28-6-7-31-14(30)10-28)27-4-5-29-13(9-27)25-26-17(29)19(20,21)22/h8H,2-7,9-10H2,1H3. The summed E-state index contributed by atoms with van der Waals surface area (Å²) >= 11 is 1.57. The first-order chi connectivity index (χ1) is 15.3. The van der Waals surface area contributed by atoms with Crippen LogP contribution in [0.1, 0.15) is 29.9 Å². The van der Waals surface area contributed by atoms with Crippen molar-refractivity contribution in [1.82, 2.24) is 24.7 Å². The predicted octanol–water partition coefficient (Wildman–Crippen LogP) is 2.64. The highest BCUT2D eigenvalue weighted by Crippen LogP contribution is 2.36. The summed E-state index contributed by atoms with van der Waals surface area (Å²) in [5, 5.41) is 7.99. The largest absolute Gasteiger partial charge is 0.462 e. The van der Waals surface area contributed by atoms with Crippen LogP contribution in [0.15, 0.2) is 6.07 Å². The zero-order chi connectivity index (χ0) is 22.5. The Morgan fingerprint density at radius 2 is 1.97 bits per heavy atom. The van der Waals surface area contributed by atoms with Gasteiger partial charge in [0.1, 0.15) is 23.8 Å². The molecule has 0 N–H and O–H groups in total. The fourth-order valence-electron chi connectivity index (χ4n) is 3.97. The minimum Gasteiger partial charge on any atom is -0.462 e. The molecule has 0 bridgehead atoms. The summed E-state index contributed by atoms with van der Waals surface area (Å²) in [7, 11) is 0. The Hall–Kier alpha value is -2.96. The number of aromatic nitrogens is 5. The lowest BCUT2D eigenvalue weighted by atomic mass is 10.2. The number of esters is 1. The number of carbonyl (C=O) groups excluding carboxylic acids is 1. The lowest BCUT2D eigenvalue weighted by Crippen LogP contribution is -2.41. The number of fused-ring (bicyclic) bond motifs is 2. The van der Waals surface area contributed by atoms with Crippen molar-refractivity contribution in [2.24, 2.45) is 0 Å². The lowest BCUT2D eigenvalue weighted by Gasteiger charge is -2.31. The van der Waals surface area contributed by atoms with Gasteiger partial charge in [0.25, 0.3) is 0 Å². The second-order valence-electron chi connectivity index (χ2n) is 7.68. The molecule has 5 heterocycles. The van der Waals surface area contributed by atoms with Crippen molar-refractivity contribution < 1.29 is 22.7 Å². The molecule has 3 aromatic heterocycles.